The summed E-state index contributed by atoms with van der Waals surface area (Å²) in [5.41, 5.74) is 0. The van der Waals surface area contributed by atoms with Gasteiger partial charge in [0.15, 0.2) is 0 Å². The van der Waals surface area contributed by atoms with Crippen LogP contribution in [0.4, 0.5) is 4.79 Å². The molecule has 0 radical (unpaired) electrons. The molecule has 0 aromatic carbocycles. The minimum absolute atomic E-state index is 0.0980. The van der Waals surface area contributed by atoms with Gasteiger partial charge in [-0.05, 0) is 69.0 Å². The fraction of sp³-hybridized carbons (Fsp3) is 0.897. The number of rotatable bonds is 33. The van der Waals surface area contributed by atoms with Gasteiger partial charge < -0.3 is 25.5 Å². The first kappa shape index (κ1) is 49.8. The Kier molecular flexibility index (Phi) is 22.3. The Bertz CT molecular complexity index is 1410. The summed E-state index contributed by atoms with van der Waals surface area (Å²) in [5, 5.41) is 16.7. The van der Waals surface area contributed by atoms with Gasteiger partial charge in [-0.25, -0.2) is 13.9 Å². The van der Waals surface area contributed by atoms with Crippen LogP contribution in [0.25, 0.3) is 0 Å². The minimum Gasteiger partial charge on any atom is -0.396 e. The molecule has 334 valence electrons. The van der Waals surface area contributed by atoms with Crippen molar-refractivity contribution in [2.45, 2.75) is 151 Å². The average Bonchev–Trinajstić information content (AvgIpc) is 3.95. The number of carbonyl (C=O) groups excluding carboxylic acids is 4. The predicted molar refractivity (Wildman–Crippen MR) is 225 cm³/mol. The number of fused-ring (bicyclic) bond motifs is 2. The summed E-state index contributed by atoms with van der Waals surface area (Å²) in [7, 11) is -7.76. The van der Waals surface area contributed by atoms with E-state index in [1.54, 1.807) is 0 Å². The average molecular weight is 899 g/mol. The van der Waals surface area contributed by atoms with E-state index in [1.807, 2.05) is 23.5 Å². The Morgan fingerprint density at radius 1 is 0.707 bits per heavy atom. The van der Waals surface area contributed by atoms with Gasteiger partial charge in [0.25, 0.3) is 0 Å². The molecule has 5 N–H and O–H groups in total. The van der Waals surface area contributed by atoms with Crippen LogP contribution < -0.4 is 10.6 Å². The van der Waals surface area contributed by atoms with Gasteiger partial charge in [-0.2, -0.15) is 23.5 Å². The van der Waals surface area contributed by atoms with E-state index in [1.165, 1.54) is 0 Å². The summed E-state index contributed by atoms with van der Waals surface area (Å²) >= 11 is 3.87. The SMILES string of the molecule is COP(=O)(O)OCC(CCCCCC(=O)CCCCC1SCC2NC(=O)NC21)COP(=O)(O)OCC(CO)CCCCCC(=O)CCCCC1SCC2CC(=O)CC21. The molecule has 10 unspecified atom stereocenters. The molecule has 4 aliphatic rings. The zero-order valence-electron chi connectivity index (χ0n) is 34.1. The van der Waals surface area contributed by atoms with E-state index in [9.17, 15) is 43.2 Å². The van der Waals surface area contributed by atoms with Gasteiger partial charge >= 0.3 is 21.7 Å². The number of aliphatic hydroxyl groups excluding tert-OH is 1. The fourth-order valence-corrected chi connectivity index (χ4v) is 13.1. The highest BCUT2D eigenvalue weighted by Gasteiger charge is 2.43. The number of unbranched alkanes of at least 4 members (excludes halogenated alkanes) is 6. The molecular weight excluding hydrogens is 831 g/mol. The molecule has 1 saturated carbocycles. The van der Waals surface area contributed by atoms with Crippen LogP contribution in [0.15, 0.2) is 0 Å². The van der Waals surface area contributed by atoms with Crippen molar-refractivity contribution >= 4 is 62.6 Å². The molecule has 3 aliphatic heterocycles. The van der Waals surface area contributed by atoms with Gasteiger partial charge in [-0.3, -0.25) is 32.5 Å². The molecule has 1 aliphatic carbocycles. The van der Waals surface area contributed by atoms with Gasteiger partial charge in [0.2, 0.25) is 0 Å². The Morgan fingerprint density at radius 3 is 1.84 bits per heavy atom. The summed E-state index contributed by atoms with van der Waals surface area (Å²) in [6.45, 7) is -0.975. The largest absolute Gasteiger partial charge is 0.472 e. The molecule has 0 aromatic heterocycles. The van der Waals surface area contributed by atoms with E-state index < -0.39 is 21.6 Å². The molecule has 0 aromatic rings. The molecule has 15 nitrogen and oxygen atoms in total. The standard InChI is InChI=1S/C39H68N2O13P2S2/c1-51-55(47,48)52-24-29(13-5-3-7-15-32(44)17-9-11-19-37-38-35(27-58-37)40-39(46)41-38)25-54-56(49,50)53-23-28(22-42)12-4-2-6-14-31(43)16-8-10-18-36-34-21-33(45)20-30(34)26-57-36/h28-30,34-38,42H,2-27H2,1H3,(H,47,48)(H,49,50)(H2,40,41,46). The summed E-state index contributed by atoms with van der Waals surface area (Å²) < 4.78 is 44.6. The van der Waals surface area contributed by atoms with Crippen molar-refractivity contribution in [1.82, 2.24) is 10.6 Å². The molecule has 58 heavy (non-hydrogen) atoms. The first-order chi connectivity index (χ1) is 27.8. The van der Waals surface area contributed by atoms with E-state index in [2.05, 4.69) is 15.2 Å². The lowest BCUT2D eigenvalue weighted by Gasteiger charge is -2.21. The van der Waals surface area contributed by atoms with Gasteiger partial charge in [0.1, 0.15) is 17.3 Å². The van der Waals surface area contributed by atoms with Gasteiger partial charge in [0, 0.05) is 80.3 Å². The highest BCUT2D eigenvalue weighted by atomic mass is 32.2. The van der Waals surface area contributed by atoms with Gasteiger partial charge in [0.05, 0.1) is 31.9 Å². The number of amides is 2. The first-order valence-corrected chi connectivity index (χ1v) is 26.5. The smallest absolute Gasteiger partial charge is 0.396 e. The monoisotopic (exact) mass is 898 g/mol. The quantitative estimate of drug-likeness (QED) is 0.0251. The van der Waals surface area contributed by atoms with Crippen LogP contribution >= 0.6 is 39.2 Å². The van der Waals surface area contributed by atoms with Gasteiger partial charge in [-0.1, -0.05) is 38.5 Å². The number of carbonyl (C=O) groups is 4. The number of nitrogens with one attached hydrogen (secondary N) is 2. The van der Waals surface area contributed by atoms with Crippen LogP contribution in [-0.2, 0) is 41.6 Å². The summed E-state index contributed by atoms with van der Waals surface area (Å²) in [5.74, 6) is 3.06. The van der Waals surface area contributed by atoms with E-state index in [0.29, 0.717) is 85.9 Å². The van der Waals surface area contributed by atoms with Crippen LogP contribution in [0.2, 0.25) is 0 Å². The highest BCUT2D eigenvalue weighted by Crippen LogP contribution is 2.48. The van der Waals surface area contributed by atoms with Crippen LogP contribution in [0.3, 0.4) is 0 Å². The number of Topliss-reactive ketones (excluding diaryl/α,β-unsaturated/α-hetero) is 3. The third-order valence-electron chi connectivity index (χ3n) is 11.9. The van der Waals surface area contributed by atoms with Crippen molar-refractivity contribution in [3.05, 3.63) is 0 Å². The van der Waals surface area contributed by atoms with Crippen LogP contribution in [0, 0.1) is 23.7 Å². The second-order valence-corrected chi connectivity index (χ2v) is 22.1. The second-order valence-electron chi connectivity index (χ2n) is 16.6. The van der Waals surface area contributed by atoms with Gasteiger partial charge in [-0.15, -0.1) is 0 Å². The van der Waals surface area contributed by atoms with Crippen molar-refractivity contribution < 1.29 is 61.3 Å². The second kappa shape index (κ2) is 25.9. The van der Waals surface area contributed by atoms with Crippen molar-refractivity contribution in [1.29, 1.82) is 0 Å². The Labute approximate surface area is 353 Å². The summed E-state index contributed by atoms with van der Waals surface area (Å²) in [6.07, 6.45) is 14.5. The molecule has 0 bridgehead atoms. The molecular formula is C39H68N2O13P2S2. The lowest BCUT2D eigenvalue weighted by molar-refractivity contribution is -0.120. The number of hydrogen-bond donors (Lipinski definition) is 5. The van der Waals surface area contributed by atoms with E-state index >= 15 is 0 Å². The first-order valence-electron chi connectivity index (χ1n) is 21.4. The fourth-order valence-electron chi connectivity index (χ4n) is 8.47. The lowest BCUT2D eigenvalue weighted by Crippen LogP contribution is -2.36. The maximum absolute atomic E-state index is 12.7. The van der Waals surface area contributed by atoms with Crippen LogP contribution in [0.1, 0.15) is 128 Å². The van der Waals surface area contributed by atoms with Crippen LogP contribution in [0.5, 0.6) is 0 Å². The third kappa shape index (κ3) is 18.2. The van der Waals surface area contributed by atoms with Crippen molar-refractivity contribution in [2.24, 2.45) is 23.7 Å². The number of phosphoric ester groups is 2. The normalized spacial score (nSPS) is 27.0. The lowest BCUT2D eigenvalue weighted by atomic mass is 9.92. The zero-order chi connectivity index (χ0) is 42.0. The highest BCUT2D eigenvalue weighted by molar-refractivity contribution is 8.00. The van der Waals surface area contributed by atoms with E-state index in [4.69, 9.17) is 13.6 Å². The number of phosphoric acid groups is 2. The number of hydrogen-bond acceptors (Lipinski definition) is 13. The summed E-state index contributed by atoms with van der Waals surface area (Å²) in [4.78, 5) is 68.3. The Balaban J connectivity index is 1.03. The molecule has 2 amide bonds. The Morgan fingerprint density at radius 2 is 1.24 bits per heavy atom. The molecule has 0 spiro atoms. The van der Waals surface area contributed by atoms with Crippen molar-refractivity contribution in [2.75, 3.05) is 45.0 Å². The minimum atomic E-state index is -4.52. The van der Waals surface area contributed by atoms with E-state index in [-0.39, 0.29) is 62.0 Å². The number of thioether (sulfide) groups is 2. The molecule has 19 heteroatoms. The Hall–Kier alpha value is -0.840. The molecule has 3 heterocycles. The van der Waals surface area contributed by atoms with Crippen molar-refractivity contribution in [3.63, 3.8) is 0 Å². The summed E-state index contributed by atoms with van der Waals surface area (Å²) in [6, 6.07) is 0.265. The molecule has 3 saturated heterocycles. The molecule has 4 rings (SSSR count). The van der Waals surface area contributed by atoms with Crippen molar-refractivity contribution in [3.8, 4) is 0 Å². The molecule has 10 atom stereocenters. The number of urea groups is 1. The van der Waals surface area contributed by atoms with Crippen LogP contribution in [-0.4, -0.2) is 106 Å². The predicted octanol–water partition coefficient (Wildman–Crippen LogP) is 7.14. The molecule has 4 fully saturated rings. The topological polar surface area (TPSA) is 224 Å². The van der Waals surface area contributed by atoms with E-state index in [0.717, 1.165) is 89.2 Å². The maximum Gasteiger partial charge on any atom is 0.472 e. The number of ketones is 3. The third-order valence-corrected chi connectivity index (χ3v) is 17.0. The zero-order valence-corrected chi connectivity index (χ0v) is 37.6. The number of aliphatic hydroxyl groups is 1. The maximum atomic E-state index is 12.7.